The van der Waals surface area contributed by atoms with Crippen LogP contribution in [0.1, 0.15) is 73.4 Å². The number of ether oxygens (including phenoxy) is 1. The van der Waals surface area contributed by atoms with Crippen LogP contribution in [-0.4, -0.2) is 58.8 Å². The number of aromatic nitrogens is 3. The van der Waals surface area contributed by atoms with E-state index >= 15 is 0 Å². The lowest BCUT2D eigenvalue weighted by Gasteiger charge is -2.16. The van der Waals surface area contributed by atoms with Gasteiger partial charge in [0, 0.05) is 58.6 Å². The molecule has 9 nitrogen and oxygen atoms in total. The average molecular weight is 657 g/mol. The Labute approximate surface area is 276 Å². The standard InChI is InChI=1S/C16H13F3N2O.C9H13NO.C8H15N3.C2H6O/c17-16(18,19)14-7-10(8-20)6-12-13(14)9-21(15(12)22)11-4-2-1-3-5-11;1-3-4-9(11)10-6-5-8(2)7-10;1-4-7(2)5-8-10-9-6-11(8)3;1-3-2/h1-7H,8-9,20H2;8H,5-7H2,1-2H3;6-7H,4-5H2,1-3H3;1-2H3/t;8-;;/m.1../s1. The average Bonchev–Trinajstić information content (AvgIpc) is 3.76. The van der Waals surface area contributed by atoms with Gasteiger partial charge in [-0.2, -0.15) is 13.2 Å². The molecular formula is C35H47F3N6O3. The molecule has 1 saturated heterocycles. The summed E-state index contributed by atoms with van der Waals surface area (Å²) in [4.78, 5) is 26.8. The summed E-state index contributed by atoms with van der Waals surface area (Å²) in [5, 5.41) is 7.84. The third-order valence-electron chi connectivity index (χ3n) is 7.69. The van der Waals surface area contributed by atoms with E-state index in [0.717, 1.165) is 37.8 Å². The molecule has 1 aromatic heterocycles. The molecule has 0 spiro atoms. The molecule has 2 N–H and O–H groups in total. The number of benzene rings is 2. The Morgan fingerprint density at radius 3 is 2.34 bits per heavy atom. The van der Waals surface area contributed by atoms with Crippen LogP contribution in [0, 0.1) is 23.7 Å². The summed E-state index contributed by atoms with van der Waals surface area (Å²) >= 11 is 0. The van der Waals surface area contributed by atoms with Gasteiger partial charge in [0.05, 0.1) is 12.1 Å². The first kappa shape index (κ1) is 39.0. The lowest BCUT2D eigenvalue weighted by atomic mass is 9.99. The largest absolute Gasteiger partial charge is 0.416 e. The summed E-state index contributed by atoms with van der Waals surface area (Å²) < 4.78 is 46.0. The van der Waals surface area contributed by atoms with Gasteiger partial charge in [0.25, 0.3) is 11.8 Å². The second kappa shape index (κ2) is 18.8. The third kappa shape index (κ3) is 11.5. The van der Waals surface area contributed by atoms with Crippen LogP contribution in [0.3, 0.4) is 0 Å². The zero-order chi connectivity index (χ0) is 35.1. The minimum Gasteiger partial charge on any atom is -0.388 e. The molecule has 47 heavy (non-hydrogen) atoms. The third-order valence-corrected chi connectivity index (χ3v) is 7.69. The van der Waals surface area contributed by atoms with Gasteiger partial charge in [-0.25, -0.2) is 0 Å². The summed E-state index contributed by atoms with van der Waals surface area (Å²) in [6.07, 6.45) is 0.594. The second-order valence-electron chi connectivity index (χ2n) is 11.6. The van der Waals surface area contributed by atoms with E-state index in [-0.39, 0.29) is 30.1 Å². The van der Waals surface area contributed by atoms with Gasteiger partial charge in [-0.15, -0.1) is 10.2 Å². The van der Waals surface area contributed by atoms with Crippen molar-refractivity contribution in [3.05, 3.63) is 76.9 Å². The number of methoxy groups -OCH3 is 1. The molecule has 3 heterocycles. The maximum absolute atomic E-state index is 13.2. The molecule has 1 fully saturated rings. The maximum Gasteiger partial charge on any atom is 0.416 e. The van der Waals surface area contributed by atoms with Crippen molar-refractivity contribution >= 4 is 17.5 Å². The Balaban J connectivity index is 0.000000259. The van der Waals surface area contributed by atoms with E-state index < -0.39 is 17.6 Å². The number of carbonyl (C=O) groups is 2. The fraction of sp³-hybridized carbons (Fsp3) is 0.486. The monoisotopic (exact) mass is 656 g/mol. The molecule has 2 aromatic carbocycles. The summed E-state index contributed by atoms with van der Waals surface area (Å²) in [6, 6.07) is 11.1. The molecule has 1 unspecified atom stereocenters. The molecule has 2 aliphatic heterocycles. The summed E-state index contributed by atoms with van der Waals surface area (Å²) in [5.41, 5.74) is 5.65. The number of likely N-dealkylation sites (tertiary alicyclic amines) is 1. The van der Waals surface area contributed by atoms with Gasteiger partial charge >= 0.3 is 6.18 Å². The van der Waals surface area contributed by atoms with Crippen LogP contribution in [0.25, 0.3) is 0 Å². The minimum atomic E-state index is -4.51. The number of carbonyl (C=O) groups excluding carboxylic acids is 2. The van der Waals surface area contributed by atoms with Crippen LogP contribution in [0.2, 0.25) is 0 Å². The van der Waals surface area contributed by atoms with E-state index in [2.05, 4.69) is 47.5 Å². The van der Waals surface area contributed by atoms with E-state index in [4.69, 9.17) is 5.73 Å². The van der Waals surface area contributed by atoms with Gasteiger partial charge in [-0.3, -0.25) is 9.59 Å². The number of rotatable bonds is 5. The molecule has 2 amide bonds. The second-order valence-corrected chi connectivity index (χ2v) is 11.6. The predicted octanol–water partition coefficient (Wildman–Crippen LogP) is 5.87. The van der Waals surface area contributed by atoms with E-state index in [0.29, 0.717) is 23.1 Å². The summed E-state index contributed by atoms with van der Waals surface area (Å²) in [5.74, 6) is 7.16. The Bertz CT molecular complexity index is 1500. The van der Waals surface area contributed by atoms with Gasteiger partial charge in [0.2, 0.25) is 0 Å². The van der Waals surface area contributed by atoms with Crippen molar-refractivity contribution in [2.24, 2.45) is 24.6 Å². The maximum atomic E-state index is 13.2. The van der Waals surface area contributed by atoms with Crippen LogP contribution in [-0.2, 0) is 42.3 Å². The predicted molar refractivity (Wildman–Crippen MR) is 177 cm³/mol. The highest BCUT2D eigenvalue weighted by Gasteiger charge is 2.40. The molecule has 3 aromatic rings. The normalized spacial score (nSPS) is 15.6. The van der Waals surface area contributed by atoms with Crippen molar-refractivity contribution in [2.75, 3.05) is 32.2 Å². The van der Waals surface area contributed by atoms with E-state index in [9.17, 15) is 22.8 Å². The van der Waals surface area contributed by atoms with Gasteiger partial charge < -0.3 is 24.8 Å². The Morgan fingerprint density at radius 1 is 1.19 bits per heavy atom. The molecule has 2 aliphatic rings. The first-order valence-electron chi connectivity index (χ1n) is 15.6. The zero-order valence-electron chi connectivity index (χ0n) is 28.4. The van der Waals surface area contributed by atoms with Gasteiger partial charge in [0.1, 0.15) is 12.2 Å². The number of alkyl halides is 3. The smallest absolute Gasteiger partial charge is 0.388 e. The fourth-order valence-electron chi connectivity index (χ4n) is 4.91. The Morgan fingerprint density at radius 2 is 1.85 bits per heavy atom. The first-order chi connectivity index (χ1) is 22.3. The topological polar surface area (TPSA) is 107 Å². The number of para-hydroxylation sites is 1. The molecule has 256 valence electrons. The molecular weight excluding hydrogens is 609 g/mol. The molecule has 2 atom stereocenters. The van der Waals surface area contributed by atoms with Crippen molar-refractivity contribution in [3.63, 3.8) is 0 Å². The van der Waals surface area contributed by atoms with Crippen LogP contribution in [0.5, 0.6) is 0 Å². The van der Waals surface area contributed by atoms with Crippen LogP contribution >= 0.6 is 0 Å². The van der Waals surface area contributed by atoms with Crippen LogP contribution < -0.4 is 10.6 Å². The number of anilines is 1. The number of fused-ring (bicyclic) bond motifs is 1. The number of hydrogen-bond donors (Lipinski definition) is 1. The number of nitrogens with zero attached hydrogens (tertiary/aromatic N) is 5. The van der Waals surface area contributed by atoms with Crippen molar-refractivity contribution in [1.29, 1.82) is 0 Å². The molecule has 5 rings (SSSR count). The molecule has 0 bridgehead atoms. The summed E-state index contributed by atoms with van der Waals surface area (Å²) in [7, 11) is 5.23. The zero-order valence-corrected chi connectivity index (χ0v) is 28.4. The minimum absolute atomic E-state index is 0.0125. The number of halogens is 3. The van der Waals surface area contributed by atoms with Crippen molar-refractivity contribution in [2.45, 2.75) is 66.2 Å². The summed E-state index contributed by atoms with van der Waals surface area (Å²) in [6.45, 7) is 9.91. The van der Waals surface area contributed by atoms with E-state index in [1.165, 1.54) is 17.4 Å². The van der Waals surface area contributed by atoms with Crippen molar-refractivity contribution < 1.29 is 27.5 Å². The Hall–Kier alpha value is -4.21. The molecule has 12 heteroatoms. The lowest BCUT2D eigenvalue weighted by molar-refractivity contribution is -0.138. The van der Waals surface area contributed by atoms with Crippen LogP contribution in [0.15, 0.2) is 48.8 Å². The molecule has 0 radical (unpaired) electrons. The quantitative estimate of drug-likeness (QED) is 0.345. The van der Waals surface area contributed by atoms with E-state index in [1.807, 2.05) is 16.5 Å². The van der Waals surface area contributed by atoms with Crippen LogP contribution in [0.4, 0.5) is 18.9 Å². The van der Waals surface area contributed by atoms with E-state index in [1.54, 1.807) is 57.8 Å². The number of aryl methyl sites for hydroxylation is 1. The van der Waals surface area contributed by atoms with Crippen molar-refractivity contribution in [3.8, 4) is 11.8 Å². The number of amides is 2. The van der Waals surface area contributed by atoms with Gasteiger partial charge in [-0.1, -0.05) is 51.3 Å². The highest BCUT2D eigenvalue weighted by Crippen LogP contribution is 2.39. The first-order valence-corrected chi connectivity index (χ1v) is 15.6. The SMILES string of the molecule is CC#CC(=O)N1CC[C@@H](C)C1.CCC(C)Cc1nncn1C.COC.NCc1cc2c(c(C(F)(F)F)c1)CN(c1ccccc1)C2=O. The molecule has 0 saturated carbocycles. The van der Waals surface area contributed by atoms with Crippen molar-refractivity contribution in [1.82, 2.24) is 19.7 Å². The number of nitrogens with two attached hydrogens (primary N) is 1. The highest BCUT2D eigenvalue weighted by atomic mass is 19.4. The highest BCUT2D eigenvalue weighted by molar-refractivity contribution is 6.10. The Kier molecular flexibility index (Phi) is 15.6. The number of hydrogen-bond acceptors (Lipinski definition) is 6. The fourth-order valence-corrected chi connectivity index (χ4v) is 4.91. The molecule has 0 aliphatic carbocycles. The lowest BCUT2D eigenvalue weighted by Crippen LogP contribution is -2.26. The van der Waals surface area contributed by atoms with Gasteiger partial charge in [0.15, 0.2) is 0 Å². The van der Waals surface area contributed by atoms with Gasteiger partial charge in [-0.05, 0) is 66.5 Å².